The average Bonchev–Trinajstić information content (AvgIpc) is 2.67. The molecular formula is C18H18F3N3O5. The average molecular weight is 413 g/mol. The van der Waals surface area contributed by atoms with Crippen molar-refractivity contribution in [3.05, 3.63) is 58.1 Å². The summed E-state index contributed by atoms with van der Waals surface area (Å²) in [4.78, 5) is 23.0. The van der Waals surface area contributed by atoms with E-state index < -0.39 is 23.6 Å². The van der Waals surface area contributed by atoms with E-state index in [1.165, 1.54) is 43.5 Å². The second-order valence-corrected chi connectivity index (χ2v) is 5.79. The van der Waals surface area contributed by atoms with Crippen molar-refractivity contribution in [1.29, 1.82) is 0 Å². The highest BCUT2D eigenvalue weighted by Crippen LogP contribution is 2.24. The van der Waals surface area contributed by atoms with Crippen LogP contribution in [0.2, 0.25) is 0 Å². The molecule has 0 aliphatic carbocycles. The Hall–Kier alpha value is -3.34. The van der Waals surface area contributed by atoms with E-state index in [-0.39, 0.29) is 22.7 Å². The van der Waals surface area contributed by atoms with Crippen LogP contribution in [0.3, 0.4) is 0 Å². The van der Waals surface area contributed by atoms with E-state index in [0.29, 0.717) is 18.8 Å². The number of benzene rings is 2. The number of nitrogens with one attached hydrogen (secondary N) is 2. The minimum atomic E-state index is -4.46. The Morgan fingerprint density at radius 2 is 1.86 bits per heavy atom. The maximum Gasteiger partial charge on any atom is 0.422 e. The summed E-state index contributed by atoms with van der Waals surface area (Å²) in [6.45, 7) is -0.694. The fourth-order valence-corrected chi connectivity index (χ4v) is 2.27. The Kier molecular flexibility index (Phi) is 7.37. The number of methoxy groups -OCH3 is 1. The van der Waals surface area contributed by atoms with Crippen molar-refractivity contribution >= 4 is 23.0 Å². The number of ether oxygens (including phenoxy) is 2. The maximum absolute atomic E-state index is 12.6. The summed E-state index contributed by atoms with van der Waals surface area (Å²) in [5.41, 5.74) is 0.426. The summed E-state index contributed by atoms with van der Waals surface area (Å²) >= 11 is 0. The van der Waals surface area contributed by atoms with Gasteiger partial charge in [0.1, 0.15) is 5.75 Å². The van der Waals surface area contributed by atoms with E-state index in [9.17, 15) is 28.1 Å². The number of carbonyl (C=O) groups excluding carboxylic acids is 1. The van der Waals surface area contributed by atoms with E-state index in [1.807, 2.05) is 0 Å². The molecule has 0 spiro atoms. The van der Waals surface area contributed by atoms with Crippen LogP contribution in [-0.2, 0) is 4.74 Å². The number of non-ortho nitro benzene ring substituents is 1. The summed E-state index contributed by atoms with van der Waals surface area (Å²) in [6.07, 6.45) is -4.46. The first-order valence-corrected chi connectivity index (χ1v) is 8.32. The van der Waals surface area contributed by atoms with Crippen LogP contribution in [0.5, 0.6) is 5.75 Å². The monoisotopic (exact) mass is 413 g/mol. The van der Waals surface area contributed by atoms with Crippen molar-refractivity contribution in [3.63, 3.8) is 0 Å². The van der Waals surface area contributed by atoms with E-state index in [4.69, 9.17) is 4.74 Å². The Morgan fingerprint density at radius 1 is 1.17 bits per heavy atom. The summed E-state index contributed by atoms with van der Waals surface area (Å²) in [6, 6.07) is 9.07. The van der Waals surface area contributed by atoms with Gasteiger partial charge in [-0.15, -0.1) is 0 Å². The molecule has 0 saturated heterocycles. The molecule has 156 valence electrons. The zero-order chi connectivity index (χ0) is 21.4. The Morgan fingerprint density at radius 3 is 2.45 bits per heavy atom. The third-order valence-electron chi connectivity index (χ3n) is 3.59. The first-order chi connectivity index (χ1) is 13.7. The third-order valence-corrected chi connectivity index (χ3v) is 3.59. The standard InChI is InChI=1S/C18H18F3N3O5/c1-28-9-8-22-16-7-4-13(24(26)27)10-15(16)17(25)23-12-2-5-14(6-3-12)29-11-18(19,20)21/h2-7,10,22H,8-9,11H2,1H3,(H,23,25). The smallest absolute Gasteiger partial charge is 0.422 e. The van der Waals surface area contributed by atoms with Crippen LogP contribution >= 0.6 is 0 Å². The fourth-order valence-electron chi connectivity index (χ4n) is 2.27. The predicted molar refractivity (Wildman–Crippen MR) is 99.4 cm³/mol. The Labute approximate surface area is 163 Å². The van der Waals surface area contributed by atoms with Crippen molar-refractivity contribution in [3.8, 4) is 5.75 Å². The summed E-state index contributed by atoms with van der Waals surface area (Å²) in [5.74, 6) is -0.643. The second kappa shape index (κ2) is 9.73. The molecule has 29 heavy (non-hydrogen) atoms. The molecule has 0 aliphatic heterocycles. The zero-order valence-corrected chi connectivity index (χ0v) is 15.3. The van der Waals surface area contributed by atoms with Crippen molar-refractivity contribution in [2.45, 2.75) is 6.18 Å². The number of nitrogens with zero attached hydrogens (tertiary/aromatic N) is 1. The normalized spacial score (nSPS) is 11.0. The molecule has 2 rings (SSSR count). The highest BCUT2D eigenvalue weighted by Gasteiger charge is 2.28. The highest BCUT2D eigenvalue weighted by molar-refractivity contribution is 6.08. The zero-order valence-electron chi connectivity index (χ0n) is 15.3. The van der Waals surface area contributed by atoms with E-state index in [1.54, 1.807) is 0 Å². The molecule has 2 N–H and O–H groups in total. The molecule has 0 fully saturated rings. The molecule has 0 unspecified atom stereocenters. The molecule has 2 aromatic carbocycles. The van der Waals surface area contributed by atoms with Gasteiger partial charge in [0.2, 0.25) is 0 Å². The van der Waals surface area contributed by atoms with Gasteiger partial charge in [-0.05, 0) is 30.3 Å². The number of carbonyl (C=O) groups is 1. The number of alkyl halides is 3. The number of amides is 1. The number of anilines is 2. The van der Waals surface area contributed by atoms with Crippen molar-refractivity contribution in [2.75, 3.05) is 37.5 Å². The Bertz CT molecular complexity index is 857. The molecule has 0 heterocycles. The van der Waals surface area contributed by atoms with E-state index in [2.05, 4.69) is 15.4 Å². The van der Waals surface area contributed by atoms with Crippen molar-refractivity contribution in [1.82, 2.24) is 0 Å². The third kappa shape index (κ3) is 6.96. The van der Waals surface area contributed by atoms with Gasteiger partial charge >= 0.3 is 6.18 Å². The van der Waals surface area contributed by atoms with Crippen molar-refractivity contribution in [2.24, 2.45) is 0 Å². The van der Waals surface area contributed by atoms with Gasteiger partial charge in [0.05, 0.1) is 17.1 Å². The molecule has 8 nitrogen and oxygen atoms in total. The van der Waals surface area contributed by atoms with Crippen LogP contribution in [0.15, 0.2) is 42.5 Å². The maximum atomic E-state index is 12.6. The minimum absolute atomic E-state index is 0.0161. The fraction of sp³-hybridized carbons (Fsp3) is 0.278. The number of hydrogen-bond acceptors (Lipinski definition) is 6. The van der Waals surface area contributed by atoms with Gasteiger partial charge in [-0.25, -0.2) is 0 Å². The van der Waals surface area contributed by atoms with E-state index in [0.717, 1.165) is 6.07 Å². The minimum Gasteiger partial charge on any atom is -0.484 e. The largest absolute Gasteiger partial charge is 0.484 e. The van der Waals surface area contributed by atoms with Crippen LogP contribution in [0, 0.1) is 10.1 Å². The van der Waals surface area contributed by atoms with Gasteiger partial charge < -0.3 is 20.1 Å². The molecule has 2 aromatic rings. The highest BCUT2D eigenvalue weighted by atomic mass is 19.4. The first kappa shape index (κ1) is 22.0. The molecule has 0 bridgehead atoms. The molecule has 0 aromatic heterocycles. The first-order valence-electron chi connectivity index (χ1n) is 8.32. The van der Waals surface area contributed by atoms with Crippen LogP contribution in [0.4, 0.5) is 30.2 Å². The van der Waals surface area contributed by atoms with Crippen LogP contribution in [-0.4, -0.2) is 43.9 Å². The molecule has 0 atom stereocenters. The Balaban J connectivity index is 2.13. The van der Waals surface area contributed by atoms with Gasteiger partial charge in [-0.1, -0.05) is 0 Å². The predicted octanol–water partition coefficient (Wildman–Crippen LogP) is 3.85. The molecule has 0 radical (unpaired) electrons. The molecule has 11 heteroatoms. The molecule has 0 aliphatic rings. The van der Waals surface area contributed by atoms with Gasteiger partial charge in [0, 0.05) is 37.2 Å². The van der Waals surface area contributed by atoms with Crippen LogP contribution in [0.1, 0.15) is 10.4 Å². The van der Waals surface area contributed by atoms with Gasteiger partial charge in [0.15, 0.2) is 6.61 Å². The quantitative estimate of drug-likeness (QED) is 0.368. The second-order valence-electron chi connectivity index (χ2n) is 5.79. The number of rotatable bonds is 9. The summed E-state index contributed by atoms with van der Waals surface area (Å²) in [5, 5.41) is 16.5. The van der Waals surface area contributed by atoms with Gasteiger partial charge in [0.25, 0.3) is 11.6 Å². The van der Waals surface area contributed by atoms with Gasteiger partial charge in [-0.2, -0.15) is 13.2 Å². The molecule has 1 amide bonds. The summed E-state index contributed by atoms with van der Waals surface area (Å²) < 4.78 is 46.0. The van der Waals surface area contributed by atoms with Crippen LogP contribution in [0.25, 0.3) is 0 Å². The lowest BCUT2D eigenvalue weighted by molar-refractivity contribution is -0.384. The number of hydrogen-bond donors (Lipinski definition) is 2. The lowest BCUT2D eigenvalue weighted by atomic mass is 10.1. The summed E-state index contributed by atoms with van der Waals surface area (Å²) in [7, 11) is 1.51. The number of halogens is 3. The van der Waals surface area contributed by atoms with E-state index >= 15 is 0 Å². The van der Waals surface area contributed by atoms with Crippen molar-refractivity contribution < 1.29 is 32.4 Å². The topological polar surface area (TPSA) is 103 Å². The van der Waals surface area contributed by atoms with Crippen LogP contribution < -0.4 is 15.4 Å². The van der Waals surface area contributed by atoms with Gasteiger partial charge in [-0.3, -0.25) is 14.9 Å². The molecule has 0 saturated carbocycles. The lowest BCUT2D eigenvalue weighted by Gasteiger charge is -2.13. The lowest BCUT2D eigenvalue weighted by Crippen LogP contribution is -2.19. The number of nitro groups is 1. The number of nitro benzene ring substituents is 1. The SMILES string of the molecule is COCCNc1ccc([N+](=O)[O-])cc1C(=O)Nc1ccc(OCC(F)(F)F)cc1. The molecular weight excluding hydrogens is 395 g/mol.